The number of urea groups is 1. The van der Waals surface area contributed by atoms with E-state index in [2.05, 4.69) is 15.3 Å². The van der Waals surface area contributed by atoms with Crippen LogP contribution < -0.4 is 10.2 Å². The highest BCUT2D eigenvalue weighted by Gasteiger charge is 2.33. The molecule has 2 amide bonds. The molecule has 0 bridgehead atoms. The second-order valence-corrected chi connectivity index (χ2v) is 8.57. The molecule has 3 aromatic heterocycles. The normalized spacial score (nSPS) is 13.0. The lowest BCUT2D eigenvalue weighted by Gasteiger charge is -2.27. The standard InChI is InChI=1S/C23H14FN5O3S/c24-14-3-1-2-12(8-14)10-28-7-6-13-9-15(4-5-16(13)28)29-20-17-18(27-23(29)32)19(22(30)31)33-21(17)26-11-25-20/h1-9,11H,10H2,(H,27,32)(H,30,31). The number of carboxylic acid groups (broad SMARTS) is 1. The third-order valence-corrected chi connectivity index (χ3v) is 6.65. The largest absolute Gasteiger partial charge is 0.477 e. The average Bonchev–Trinajstić information content (AvgIpc) is 3.36. The maximum Gasteiger partial charge on any atom is 0.348 e. The number of carboxylic acids is 1. The number of nitrogens with one attached hydrogen (secondary N) is 1. The summed E-state index contributed by atoms with van der Waals surface area (Å²) in [6, 6.07) is 13.4. The first-order chi connectivity index (χ1) is 16.0. The fraction of sp³-hybridized carbons (Fsp3) is 0.0435. The van der Waals surface area contributed by atoms with E-state index < -0.39 is 12.0 Å². The minimum absolute atomic E-state index is 0.0182. The number of fused-ring (bicyclic) bond motifs is 1. The van der Waals surface area contributed by atoms with Crippen molar-refractivity contribution in [2.75, 3.05) is 10.2 Å². The molecule has 4 heterocycles. The summed E-state index contributed by atoms with van der Waals surface area (Å²) in [4.78, 5) is 35.0. The summed E-state index contributed by atoms with van der Waals surface area (Å²) in [7, 11) is 0. The van der Waals surface area contributed by atoms with Gasteiger partial charge in [0.2, 0.25) is 0 Å². The molecule has 0 radical (unpaired) electrons. The highest BCUT2D eigenvalue weighted by molar-refractivity contribution is 7.21. The van der Waals surface area contributed by atoms with Gasteiger partial charge in [0.1, 0.15) is 21.9 Å². The highest BCUT2D eigenvalue weighted by Crippen LogP contribution is 2.44. The van der Waals surface area contributed by atoms with Crippen LogP contribution in [0.3, 0.4) is 0 Å². The van der Waals surface area contributed by atoms with Crippen LogP contribution in [0.25, 0.3) is 21.1 Å². The van der Waals surface area contributed by atoms with Gasteiger partial charge in [-0.05, 0) is 42.0 Å². The van der Waals surface area contributed by atoms with Gasteiger partial charge in [-0.3, -0.25) is 0 Å². The number of hydrogen-bond acceptors (Lipinski definition) is 5. The van der Waals surface area contributed by atoms with Crippen molar-refractivity contribution in [3.63, 3.8) is 0 Å². The monoisotopic (exact) mass is 459 g/mol. The molecule has 2 N–H and O–H groups in total. The molecular weight excluding hydrogens is 445 g/mol. The number of halogens is 1. The van der Waals surface area contributed by atoms with E-state index in [9.17, 15) is 19.1 Å². The number of carbonyl (C=O) groups excluding carboxylic acids is 1. The Labute approximate surface area is 189 Å². The molecule has 10 heteroatoms. The molecule has 8 nitrogen and oxygen atoms in total. The van der Waals surface area contributed by atoms with E-state index in [1.54, 1.807) is 12.1 Å². The highest BCUT2D eigenvalue weighted by atomic mass is 32.1. The first-order valence-corrected chi connectivity index (χ1v) is 10.8. The van der Waals surface area contributed by atoms with Crippen molar-refractivity contribution < 1.29 is 19.1 Å². The molecule has 0 aliphatic carbocycles. The topological polar surface area (TPSA) is 100 Å². The zero-order valence-electron chi connectivity index (χ0n) is 16.8. The molecule has 0 unspecified atom stereocenters. The molecule has 1 aliphatic heterocycles. The molecule has 0 atom stereocenters. The number of aromatic nitrogens is 3. The molecule has 0 fully saturated rings. The van der Waals surface area contributed by atoms with Crippen LogP contribution in [0.1, 0.15) is 15.2 Å². The van der Waals surface area contributed by atoms with Gasteiger partial charge in [0.25, 0.3) is 0 Å². The number of aromatic carboxylic acids is 1. The third-order valence-electron chi connectivity index (χ3n) is 5.56. The van der Waals surface area contributed by atoms with Gasteiger partial charge < -0.3 is 15.0 Å². The Morgan fingerprint density at radius 1 is 1.15 bits per heavy atom. The van der Waals surface area contributed by atoms with E-state index in [0.29, 0.717) is 28.3 Å². The summed E-state index contributed by atoms with van der Waals surface area (Å²) in [6.07, 6.45) is 3.23. The Hall–Kier alpha value is -4.31. The number of benzene rings is 2. The smallest absolute Gasteiger partial charge is 0.348 e. The number of anilines is 3. The molecule has 162 valence electrons. The Kier molecular flexibility index (Phi) is 4.17. The lowest BCUT2D eigenvalue weighted by molar-refractivity contribution is 0.0703. The van der Waals surface area contributed by atoms with Crippen LogP contribution in [-0.2, 0) is 6.54 Å². The van der Waals surface area contributed by atoms with Gasteiger partial charge in [-0.15, -0.1) is 11.3 Å². The molecular formula is C23H14FN5O3S. The van der Waals surface area contributed by atoms with Crippen LogP contribution in [0.2, 0.25) is 0 Å². The van der Waals surface area contributed by atoms with Crippen molar-refractivity contribution in [3.05, 3.63) is 77.3 Å². The summed E-state index contributed by atoms with van der Waals surface area (Å²) in [5, 5.41) is 13.6. The molecule has 0 saturated heterocycles. The van der Waals surface area contributed by atoms with Gasteiger partial charge in [-0.25, -0.2) is 28.8 Å². The molecule has 1 aliphatic rings. The molecule has 33 heavy (non-hydrogen) atoms. The van der Waals surface area contributed by atoms with E-state index in [1.807, 2.05) is 35.0 Å². The number of hydrogen-bond donors (Lipinski definition) is 2. The van der Waals surface area contributed by atoms with Crippen LogP contribution in [0.5, 0.6) is 0 Å². The Morgan fingerprint density at radius 3 is 2.85 bits per heavy atom. The maximum atomic E-state index is 13.6. The van der Waals surface area contributed by atoms with Gasteiger partial charge >= 0.3 is 12.0 Å². The van der Waals surface area contributed by atoms with Crippen LogP contribution in [-0.4, -0.2) is 31.6 Å². The Morgan fingerprint density at radius 2 is 2.03 bits per heavy atom. The zero-order chi connectivity index (χ0) is 22.7. The van der Waals surface area contributed by atoms with Crippen LogP contribution in [0.15, 0.2) is 61.1 Å². The summed E-state index contributed by atoms with van der Waals surface area (Å²) >= 11 is 0.996. The van der Waals surface area contributed by atoms with Crippen molar-refractivity contribution in [2.45, 2.75) is 6.54 Å². The van der Waals surface area contributed by atoms with E-state index in [4.69, 9.17) is 0 Å². The van der Waals surface area contributed by atoms with E-state index in [-0.39, 0.29) is 16.4 Å². The number of carbonyl (C=O) groups is 2. The minimum atomic E-state index is -1.13. The average molecular weight is 459 g/mol. The van der Waals surface area contributed by atoms with Crippen molar-refractivity contribution in [2.24, 2.45) is 0 Å². The van der Waals surface area contributed by atoms with E-state index >= 15 is 0 Å². The van der Waals surface area contributed by atoms with Crippen LogP contribution in [0.4, 0.5) is 26.4 Å². The molecule has 6 rings (SSSR count). The quantitative estimate of drug-likeness (QED) is 0.384. The summed E-state index contributed by atoms with van der Waals surface area (Å²) in [5.41, 5.74) is 2.58. The Balaban J connectivity index is 1.43. The lowest BCUT2D eigenvalue weighted by Crippen LogP contribution is -2.34. The SMILES string of the molecule is O=C(O)c1sc2ncnc3c2c1NC(=O)N3c1ccc2c(ccn2Cc2cccc(F)c2)c1. The molecule has 2 aromatic carbocycles. The number of thiophene rings is 1. The summed E-state index contributed by atoms with van der Waals surface area (Å²) in [5.74, 6) is -1.08. The first kappa shape index (κ1) is 19.4. The van der Waals surface area contributed by atoms with Gasteiger partial charge in [0, 0.05) is 23.6 Å². The second-order valence-electron chi connectivity index (χ2n) is 7.57. The molecule has 0 saturated carbocycles. The van der Waals surface area contributed by atoms with Gasteiger partial charge in [0.15, 0.2) is 5.82 Å². The van der Waals surface area contributed by atoms with Crippen molar-refractivity contribution >= 4 is 61.6 Å². The van der Waals surface area contributed by atoms with Crippen LogP contribution >= 0.6 is 11.3 Å². The molecule has 0 spiro atoms. The minimum Gasteiger partial charge on any atom is -0.477 e. The van der Waals surface area contributed by atoms with Crippen molar-refractivity contribution in [1.29, 1.82) is 0 Å². The fourth-order valence-electron chi connectivity index (χ4n) is 4.15. The second kappa shape index (κ2) is 7.10. The predicted molar refractivity (Wildman–Crippen MR) is 123 cm³/mol. The predicted octanol–water partition coefficient (Wildman–Crippen LogP) is 5.22. The van der Waals surface area contributed by atoms with Crippen molar-refractivity contribution in [3.8, 4) is 0 Å². The van der Waals surface area contributed by atoms with Crippen molar-refractivity contribution in [1.82, 2.24) is 14.5 Å². The third kappa shape index (κ3) is 3.03. The number of rotatable bonds is 4. The first-order valence-electron chi connectivity index (χ1n) is 9.95. The number of amides is 2. The summed E-state index contributed by atoms with van der Waals surface area (Å²) in [6.45, 7) is 0.508. The van der Waals surface area contributed by atoms with E-state index in [0.717, 1.165) is 27.8 Å². The number of nitrogens with zero attached hydrogens (tertiary/aromatic N) is 4. The van der Waals surface area contributed by atoms with Gasteiger partial charge in [-0.2, -0.15) is 0 Å². The van der Waals surface area contributed by atoms with Crippen LogP contribution in [0, 0.1) is 5.82 Å². The summed E-state index contributed by atoms with van der Waals surface area (Å²) < 4.78 is 15.6. The fourth-order valence-corrected chi connectivity index (χ4v) is 5.08. The zero-order valence-corrected chi connectivity index (χ0v) is 17.6. The Bertz CT molecular complexity index is 1610. The van der Waals surface area contributed by atoms with E-state index in [1.165, 1.54) is 23.4 Å². The van der Waals surface area contributed by atoms with Gasteiger partial charge in [-0.1, -0.05) is 12.1 Å². The van der Waals surface area contributed by atoms with Gasteiger partial charge in [0.05, 0.1) is 16.8 Å². The molecule has 5 aromatic rings. The lowest BCUT2D eigenvalue weighted by atomic mass is 10.1. The maximum absolute atomic E-state index is 13.6.